The molecule has 1 rings (SSSR count). The molecule has 5 heteroatoms. The quantitative estimate of drug-likeness (QED) is 0.808. The van der Waals surface area contributed by atoms with Crippen LogP contribution in [0.1, 0.15) is 26.7 Å². The third-order valence-corrected chi connectivity index (χ3v) is 3.24. The van der Waals surface area contributed by atoms with Crippen LogP contribution in [0.15, 0.2) is 27.6 Å². The molecule has 100 valence electrons. The van der Waals surface area contributed by atoms with Crippen molar-refractivity contribution in [2.75, 3.05) is 13.1 Å². The molecule has 0 bridgehead atoms. The second-order valence-electron chi connectivity index (χ2n) is 4.14. The molecule has 0 radical (unpaired) electrons. The Morgan fingerprint density at radius 3 is 2.72 bits per heavy atom. The molecule has 1 heterocycles. The standard InChI is InChI=1S/C13H19BrN2O2/c1-3-5-8-15(4-2)13(18)10-16-9-11(14)6-7-12(16)17/h6-7,9H,3-5,8,10H2,1-2H3. The molecule has 0 aliphatic rings. The first-order valence-corrected chi connectivity index (χ1v) is 7.01. The number of pyridine rings is 1. The summed E-state index contributed by atoms with van der Waals surface area (Å²) >= 11 is 3.30. The van der Waals surface area contributed by atoms with Gasteiger partial charge in [0.1, 0.15) is 6.54 Å². The summed E-state index contributed by atoms with van der Waals surface area (Å²) in [5.41, 5.74) is -0.155. The first-order chi connectivity index (χ1) is 8.58. The molecule has 18 heavy (non-hydrogen) atoms. The molecule has 0 aromatic carbocycles. The summed E-state index contributed by atoms with van der Waals surface area (Å²) in [6, 6.07) is 3.14. The number of carbonyl (C=O) groups excluding carboxylic acids is 1. The maximum Gasteiger partial charge on any atom is 0.251 e. The maximum absolute atomic E-state index is 12.1. The van der Waals surface area contributed by atoms with Crippen molar-refractivity contribution in [1.82, 2.24) is 9.47 Å². The van der Waals surface area contributed by atoms with Crippen LogP contribution in [0.2, 0.25) is 0 Å². The molecule has 1 aromatic rings. The van der Waals surface area contributed by atoms with E-state index < -0.39 is 0 Å². The van der Waals surface area contributed by atoms with Crippen LogP contribution in [-0.2, 0) is 11.3 Å². The summed E-state index contributed by atoms with van der Waals surface area (Å²) in [4.78, 5) is 25.5. The first-order valence-electron chi connectivity index (χ1n) is 6.22. The highest BCUT2D eigenvalue weighted by Gasteiger charge is 2.12. The average Bonchev–Trinajstić information content (AvgIpc) is 2.35. The molecule has 0 aliphatic heterocycles. The Morgan fingerprint density at radius 1 is 1.39 bits per heavy atom. The van der Waals surface area contributed by atoms with E-state index in [1.54, 1.807) is 17.2 Å². The number of amides is 1. The molecular weight excluding hydrogens is 296 g/mol. The van der Waals surface area contributed by atoms with Crippen LogP contribution in [-0.4, -0.2) is 28.5 Å². The van der Waals surface area contributed by atoms with Crippen LogP contribution in [0, 0.1) is 0 Å². The van der Waals surface area contributed by atoms with E-state index in [1.807, 2.05) is 6.92 Å². The number of hydrogen-bond acceptors (Lipinski definition) is 2. The van der Waals surface area contributed by atoms with Gasteiger partial charge in [-0.1, -0.05) is 13.3 Å². The Kier molecular flexibility index (Phi) is 6.12. The molecule has 1 aromatic heterocycles. The molecule has 4 nitrogen and oxygen atoms in total. The van der Waals surface area contributed by atoms with Gasteiger partial charge in [0.25, 0.3) is 5.56 Å². The minimum atomic E-state index is -0.155. The Bertz CT molecular complexity index is 457. The number of carbonyl (C=O) groups is 1. The molecule has 0 spiro atoms. The van der Waals surface area contributed by atoms with Crippen LogP contribution >= 0.6 is 15.9 Å². The van der Waals surface area contributed by atoms with Crippen molar-refractivity contribution in [2.45, 2.75) is 33.2 Å². The Balaban J connectivity index is 2.73. The number of halogens is 1. The van der Waals surface area contributed by atoms with Gasteiger partial charge in [0, 0.05) is 29.8 Å². The smallest absolute Gasteiger partial charge is 0.251 e. The zero-order valence-corrected chi connectivity index (χ0v) is 12.4. The Labute approximate surface area is 116 Å². The van der Waals surface area contributed by atoms with Crippen molar-refractivity contribution in [3.05, 3.63) is 33.2 Å². The van der Waals surface area contributed by atoms with Gasteiger partial charge < -0.3 is 9.47 Å². The van der Waals surface area contributed by atoms with Crippen molar-refractivity contribution in [3.63, 3.8) is 0 Å². The predicted molar refractivity (Wildman–Crippen MR) is 75.6 cm³/mol. The zero-order valence-electron chi connectivity index (χ0n) is 10.9. The van der Waals surface area contributed by atoms with E-state index in [4.69, 9.17) is 0 Å². The average molecular weight is 315 g/mol. The van der Waals surface area contributed by atoms with Crippen molar-refractivity contribution in [2.24, 2.45) is 0 Å². The van der Waals surface area contributed by atoms with Gasteiger partial charge >= 0.3 is 0 Å². The number of aromatic nitrogens is 1. The van der Waals surface area contributed by atoms with Gasteiger partial charge in [-0.25, -0.2) is 0 Å². The SMILES string of the molecule is CCCCN(CC)C(=O)Cn1cc(Br)ccc1=O. The van der Waals surface area contributed by atoms with E-state index in [0.29, 0.717) is 6.54 Å². The molecule has 0 N–H and O–H groups in total. The highest BCUT2D eigenvalue weighted by Crippen LogP contribution is 2.05. The number of unbranched alkanes of at least 4 members (excludes halogenated alkanes) is 1. The Hall–Kier alpha value is -1.10. The van der Waals surface area contributed by atoms with Crippen molar-refractivity contribution >= 4 is 21.8 Å². The molecule has 0 unspecified atom stereocenters. The minimum Gasteiger partial charge on any atom is -0.341 e. The summed E-state index contributed by atoms with van der Waals surface area (Å²) in [7, 11) is 0. The lowest BCUT2D eigenvalue weighted by molar-refractivity contribution is -0.131. The summed E-state index contributed by atoms with van der Waals surface area (Å²) in [5.74, 6) is -0.00819. The van der Waals surface area contributed by atoms with Crippen molar-refractivity contribution < 1.29 is 4.79 Å². The predicted octanol–water partition coefficient (Wildman–Crippen LogP) is 2.26. The van der Waals surface area contributed by atoms with Gasteiger partial charge in [-0.05, 0) is 35.3 Å². The second-order valence-corrected chi connectivity index (χ2v) is 5.06. The van der Waals surface area contributed by atoms with Gasteiger partial charge in [0.2, 0.25) is 5.91 Å². The molecule has 0 saturated carbocycles. The Morgan fingerprint density at radius 2 is 2.11 bits per heavy atom. The zero-order chi connectivity index (χ0) is 13.5. The van der Waals surface area contributed by atoms with Crippen LogP contribution in [0.4, 0.5) is 0 Å². The van der Waals surface area contributed by atoms with Crippen LogP contribution < -0.4 is 5.56 Å². The molecular formula is C13H19BrN2O2. The summed E-state index contributed by atoms with van der Waals surface area (Å²) in [5, 5.41) is 0. The monoisotopic (exact) mass is 314 g/mol. The molecule has 0 atom stereocenters. The number of nitrogens with zero attached hydrogens (tertiary/aromatic N) is 2. The molecule has 1 amide bonds. The summed E-state index contributed by atoms with van der Waals surface area (Å²) < 4.78 is 2.23. The van der Waals surface area contributed by atoms with Crippen LogP contribution in [0.25, 0.3) is 0 Å². The van der Waals surface area contributed by atoms with Gasteiger partial charge in [0.05, 0.1) is 0 Å². The molecule has 0 fully saturated rings. The lowest BCUT2D eigenvalue weighted by atomic mass is 10.3. The van der Waals surface area contributed by atoms with Crippen molar-refractivity contribution in [1.29, 1.82) is 0 Å². The van der Waals surface area contributed by atoms with E-state index in [2.05, 4.69) is 22.9 Å². The third kappa shape index (κ3) is 4.29. The van der Waals surface area contributed by atoms with E-state index in [1.165, 1.54) is 10.6 Å². The number of likely N-dealkylation sites (N-methyl/N-ethyl adjacent to an activating group) is 1. The van der Waals surface area contributed by atoms with E-state index in [-0.39, 0.29) is 18.0 Å². The fraction of sp³-hybridized carbons (Fsp3) is 0.538. The highest BCUT2D eigenvalue weighted by atomic mass is 79.9. The van der Waals surface area contributed by atoms with E-state index >= 15 is 0 Å². The largest absolute Gasteiger partial charge is 0.341 e. The normalized spacial score (nSPS) is 10.4. The fourth-order valence-corrected chi connectivity index (χ4v) is 2.06. The lowest BCUT2D eigenvalue weighted by Gasteiger charge is -2.21. The number of rotatable bonds is 6. The lowest BCUT2D eigenvalue weighted by Crippen LogP contribution is -2.36. The van der Waals surface area contributed by atoms with Crippen LogP contribution in [0.3, 0.4) is 0 Å². The van der Waals surface area contributed by atoms with Gasteiger partial charge in [-0.2, -0.15) is 0 Å². The highest BCUT2D eigenvalue weighted by molar-refractivity contribution is 9.10. The van der Waals surface area contributed by atoms with Gasteiger partial charge in [-0.15, -0.1) is 0 Å². The second kappa shape index (κ2) is 7.36. The molecule has 0 aliphatic carbocycles. The summed E-state index contributed by atoms with van der Waals surface area (Å²) in [6.07, 6.45) is 3.70. The van der Waals surface area contributed by atoms with Crippen LogP contribution in [0.5, 0.6) is 0 Å². The van der Waals surface area contributed by atoms with E-state index in [0.717, 1.165) is 23.9 Å². The number of hydrogen-bond donors (Lipinski definition) is 0. The summed E-state index contributed by atoms with van der Waals surface area (Å²) in [6.45, 7) is 5.60. The maximum atomic E-state index is 12.1. The van der Waals surface area contributed by atoms with Gasteiger partial charge in [-0.3, -0.25) is 9.59 Å². The van der Waals surface area contributed by atoms with Gasteiger partial charge in [0.15, 0.2) is 0 Å². The first kappa shape index (κ1) is 15.0. The molecule has 0 saturated heterocycles. The third-order valence-electron chi connectivity index (χ3n) is 2.77. The van der Waals surface area contributed by atoms with E-state index in [9.17, 15) is 9.59 Å². The topological polar surface area (TPSA) is 42.3 Å². The van der Waals surface area contributed by atoms with Crippen molar-refractivity contribution in [3.8, 4) is 0 Å². The minimum absolute atomic E-state index is 0.00819. The fourth-order valence-electron chi connectivity index (χ4n) is 1.68.